The van der Waals surface area contributed by atoms with E-state index in [0.717, 1.165) is 0 Å². The normalized spacial score (nSPS) is 23.7. The molecule has 1 saturated carbocycles. The first-order valence-electron chi connectivity index (χ1n) is 6.03. The van der Waals surface area contributed by atoms with E-state index in [1.807, 2.05) is 0 Å². The van der Waals surface area contributed by atoms with Crippen LogP contribution in [0.25, 0.3) is 0 Å². The third-order valence-corrected chi connectivity index (χ3v) is 3.09. The van der Waals surface area contributed by atoms with Crippen LogP contribution in [0.1, 0.15) is 32.1 Å². The Kier molecular flexibility index (Phi) is 5.80. The maximum Gasteiger partial charge on any atom is 0.315 e. The van der Waals surface area contributed by atoms with Gasteiger partial charge in [0.05, 0.1) is 6.42 Å². The predicted octanol–water partition coefficient (Wildman–Crippen LogP) is 1.58. The van der Waals surface area contributed by atoms with Crippen molar-refractivity contribution >= 4 is 12.0 Å². The van der Waals surface area contributed by atoms with Gasteiger partial charge in [-0.3, -0.25) is 4.79 Å². The number of hydrogen-bond donors (Lipinski definition) is 3. The SMILES string of the molecule is O=C(O)CCNC(=O)NC1CCC(C(F)F)CC1. The molecule has 1 rings (SSSR count). The van der Waals surface area contributed by atoms with E-state index in [0.29, 0.717) is 25.7 Å². The zero-order chi connectivity index (χ0) is 13.5. The van der Waals surface area contributed by atoms with Crippen molar-refractivity contribution in [1.29, 1.82) is 0 Å². The van der Waals surface area contributed by atoms with Crippen molar-refractivity contribution in [2.75, 3.05) is 6.54 Å². The minimum absolute atomic E-state index is 0.0630. The number of aliphatic carboxylic acids is 1. The number of hydrogen-bond acceptors (Lipinski definition) is 2. The van der Waals surface area contributed by atoms with Crippen LogP contribution in [0.15, 0.2) is 0 Å². The second-order valence-corrected chi connectivity index (χ2v) is 4.49. The third kappa shape index (κ3) is 5.29. The fourth-order valence-corrected chi connectivity index (χ4v) is 2.03. The van der Waals surface area contributed by atoms with Crippen LogP contribution < -0.4 is 10.6 Å². The molecule has 1 fully saturated rings. The van der Waals surface area contributed by atoms with Crippen molar-refractivity contribution in [2.45, 2.75) is 44.6 Å². The topological polar surface area (TPSA) is 78.4 Å². The molecular weight excluding hydrogens is 246 g/mol. The molecule has 0 aromatic carbocycles. The van der Waals surface area contributed by atoms with E-state index in [4.69, 9.17) is 5.11 Å². The monoisotopic (exact) mass is 264 g/mol. The van der Waals surface area contributed by atoms with E-state index in [2.05, 4.69) is 10.6 Å². The minimum Gasteiger partial charge on any atom is -0.481 e. The van der Waals surface area contributed by atoms with Crippen molar-refractivity contribution in [3.8, 4) is 0 Å². The van der Waals surface area contributed by atoms with Crippen LogP contribution in [-0.4, -0.2) is 36.1 Å². The maximum atomic E-state index is 12.4. The lowest BCUT2D eigenvalue weighted by molar-refractivity contribution is -0.136. The van der Waals surface area contributed by atoms with Crippen molar-refractivity contribution in [2.24, 2.45) is 5.92 Å². The van der Waals surface area contributed by atoms with Gasteiger partial charge in [0.2, 0.25) is 6.43 Å². The van der Waals surface area contributed by atoms with Gasteiger partial charge >= 0.3 is 12.0 Å². The summed E-state index contributed by atoms with van der Waals surface area (Å²) in [5.41, 5.74) is 0. The number of urea groups is 1. The first-order valence-corrected chi connectivity index (χ1v) is 6.03. The van der Waals surface area contributed by atoms with Crippen LogP contribution in [0.4, 0.5) is 13.6 Å². The Labute approximate surface area is 104 Å². The Morgan fingerprint density at radius 1 is 1.22 bits per heavy atom. The van der Waals surface area contributed by atoms with Crippen LogP contribution in [0, 0.1) is 5.92 Å². The number of rotatable bonds is 5. The smallest absolute Gasteiger partial charge is 0.315 e. The van der Waals surface area contributed by atoms with Gasteiger partial charge in [0.1, 0.15) is 0 Å². The summed E-state index contributed by atoms with van der Waals surface area (Å²) in [6, 6.07) is -0.526. The molecule has 0 spiro atoms. The second-order valence-electron chi connectivity index (χ2n) is 4.49. The van der Waals surface area contributed by atoms with E-state index in [1.165, 1.54) is 0 Å². The highest BCUT2D eigenvalue weighted by molar-refractivity contribution is 5.75. The van der Waals surface area contributed by atoms with Crippen LogP contribution >= 0.6 is 0 Å². The summed E-state index contributed by atoms with van der Waals surface area (Å²) in [5.74, 6) is -1.54. The Morgan fingerprint density at radius 2 is 1.83 bits per heavy atom. The van der Waals surface area contributed by atoms with E-state index in [-0.39, 0.29) is 19.0 Å². The van der Waals surface area contributed by atoms with Gasteiger partial charge in [0.15, 0.2) is 0 Å². The molecule has 2 amide bonds. The van der Waals surface area contributed by atoms with Gasteiger partial charge in [-0.05, 0) is 25.7 Å². The number of carbonyl (C=O) groups is 2. The Morgan fingerprint density at radius 3 is 2.33 bits per heavy atom. The second kappa shape index (κ2) is 7.13. The molecule has 104 valence electrons. The Balaban J connectivity index is 2.16. The molecule has 0 saturated heterocycles. The van der Waals surface area contributed by atoms with Crippen LogP contribution in [0.5, 0.6) is 0 Å². The molecule has 1 aliphatic rings. The van der Waals surface area contributed by atoms with Gasteiger partial charge in [-0.15, -0.1) is 0 Å². The molecule has 0 atom stereocenters. The molecule has 5 nitrogen and oxygen atoms in total. The molecule has 0 radical (unpaired) electrons. The number of carboxylic acids is 1. The molecule has 0 aliphatic heterocycles. The van der Waals surface area contributed by atoms with Gasteiger partial charge < -0.3 is 15.7 Å². The zero-order valence-electron chi connectivity index (χ0n) is 9.99. The van der Waals surface area contributed by atoms with Gasteiger partial charge in [0.25, 0.3) is 0 Å². The Hall–Kier alpha value is -1.40. The average molecular weight is 264 g/mol. The first-order chi connectivity index (χ1) is 8.49. The first kappa shape index (κ1) is 14.7. The molecule has 0 aromatic rings. The number of nitrogens with one attached hydrogen (secondary N) is 2. The minimum atomic E-state index is -2.28. The number of amides is 2. The molecule has 0 heterocycles. The summed E-state index contributed by atoms with van der Waals surface area (Å²) in [6.07, 6.45) is -0.501. The fraction of sp³-hybridized carbons (Fsp3) is 0.818. The van der Waals surface area contributed by atoms with E-state index >= 15 is 0 Å². The summed E-state index contributed by atoms with van der Waals surface area (Å²) in [7, 11) is 0. The van der Waals surface area contributed by atoms with Gasteiger partial charge in [-0.2, -0.15) is 0 Å². The molecule has 0 bridgehead atoms. The summed E-state index contributed by atoms with van der Waals surface area (Å²) in [4.78, 5) is 21.6. The summed E-state index contributed by atoms with van der Waals surface area (Å²) >= 11 is 0. The molecule has 7 heteroatoms. The highest BCUT2D eigenvalue weighted by Crippen LogP contribution is 2.28. The summed E-state index contributed by atoms with van der Waals surface area (Å²) in [6.45, 7) is 0.0630. The summed E-state index contributed by atoms with van der Waals surface area (Å²) < 4.78 is 24.8. The van der Waals surface area contributed by atoms with E-state index in [1.54, 1.807) is 0 Å². The fourth-order valence-electron chi connectivity index (χ4n) is 2.03. The highest BCUT2D eigenvalue weighted by Gasteiger charge is 2.27. The number of alkyl halides is 2. The standard InChI is InChI=1S/C11H18F2N2O3/c12-10(13)7-1-3-8(4-2-7)15-11(18)14-6-5-9(16)17/h7-8,10H,1-6H2,(H,16,17)(H2,14,15,18). The zero-order valence-corrected chi connectivity index (χ0v) is 9.99. The quantitative estimate of drug-likeness (QED) is 0.705. The number of carboxylic acid groups (broad SMARTS) is 1. The largest absolute Gasteiger partial charge is 0.481 e. The number of halogens is 2. The van der Waals surface area contributed by atoms with E-state index < -0.39 is 24.3 Å². The van der Waals surface area contributed by atoms with Gasteiger partial charge in [-0.1, -0.05) is 0 Å². The lowest BCUT2D eigenvalue weighted by atomic mass is 9.86. The third-order valence-electron chi connectivity index (χ3n) is 3.09. The predicted molar refractivity (Wildman–Crippen MR) is 60.5 cm³/mol. The van der Waals surface area contributed by atoms with E-state index in [9.17, 15) is 18.4 Å². The molecule has 3 N–H and O–H groups in total. The van der Waals surface area contributed by atoms with Crippen LogP contribution in [0.3, 0.4) is 0 Å². The molecule has 1 aliphatic carbocycles. The van der Waals surface area contributed by atoms with Crippen LogP contribution in [-0.2, 0) is 4.79 Å². The molecule has 0 aromatic heterocycles. The van der Waals surface area contributed by atoms with Gasteiger partial charge in [-0.25, -0.2) is 13.6 Å². The maximum absolute atomic E-state index is 12.4. The molecule has 0 unspecified atom stereocenters. The lowest BCUT2D eigenvalue weighted by Crippen LogP contribution is -2.44. The molecule has 18 heavy (non-hydrogen) atoms. The average Bonchev–Trinajstić information content (AvgIpc) is 2.29. The van der Waals surface area contributed by atoms with Crippen molar-refractivity contribution in [1.82, 2.24) is 10.6 Å². The van der Waals surface area contributed by atoms with Crippen molar-refractivity contribution < 1.29 is 23.5 Å². The summed E-state index contributed by atoms with van der Waals surface area (Å²) in [5, 5.41) is 13.5. The molecular formula is C11H18F2N2O3. The highest BCUT2D eigenvalue weighted by atomic mass is 19.3. The Bertz CT molecular complexity index is 292. The van der Waals surface area contributed by atoms with Crippen LogP contribution in [0.2, 0.25) is 0 Å². The number of carbonyl (C=O) groups excluding carboxylic acids is 1. The van der Waals surface area contributed by atoms with Gasteiger partial charge in [0, 0.05) is 18.5 Å². The van der Waals surface area contributed by atoms with Crippen molar-refractivity contribution in [3.05, 3.63) is 0 Å². The lowest BCUT2D eigenvalue weighted by Gasteiger charge is -2.28. The van der Waals surface area contributed by atoms with Crippen molar-refractivity contribution in [3.63, 3.8) is 0 Å².